The Morgan fingerprint density at radius 1 is 1.64 bits per heavy atom. The Bertz CT molecular complexity index is 274. The summed E-state index contributed by atoms with van der Waals surface area (Å²) in [6.07, 6.45) is 0.315. The molecule has 14 heavy (non-hydrogen) atoms. The second-order valence-corrected chi connectivity index (χ2v) is 3.24. The van der Waals surface area contributed by atoms with E-state index in [4.69, 9.17) is 15.6 Å². The van der Waals surface area contributed by atoms with Crippen LogP contribution >= 0.6 is 0 Å². The average Bonchev–Trinajstić information content (AvgIpc) is 2.18. The number of ether oxygens (including phenoxy) is 1. The smallest absolute Gasteiger partial charge is 0.119 e. The van der Waals surface area contributed by atoms with Gasteiger partial charge in [-0.1, -0.05) is 6.07 Å². The van der Waals surface area contributed by atoms with Gasteiger partial charge in [-0.2, -0.15) is 0 Å². The Hall–Kier alpha value is -1.06. The Morgan fingerprint density at radius 3 is 3.07 bits per heavy atom. The Kier molecular flexibility index (Phi) is 4.43. The van der Waals surface area contributed by atoms with Crippen LogP contribution in [0.2, 0.25) is 0 Å². The highest BCUT2D eigenvalue weighted by Crippen LogP contribution is 2.12. The van der Waals surface area contributed by atoms with Crippen molar-refractivity contribution in [1.29, 1.82) is 0 Å². The Morgan fingerprint density at radius 2 is 2.43 bits per heavy atom. The van der Waals surface area contributed by atoms with Crippen LogP contribution in [0.1, 0.15) is 18.9 Å². The first-order valence-electron chi connectivity index (χ1n) is 4.74. The molecule has 1 aromatic carbocycles. The van der Waals surface area contributed by atoms with Crippen molar-refractivity contribution in [2.75, 3.05) is 6.61 Å². The maximum absolute atomic E-state index is 9.02. The van der Waals surface area contributed by atoms with E-state index in [0.29, 0.717) is 19.6 Å². The van der Waals surface area contributed by atoms with Crippen molar-refractivity contribution in [2.45, 2.75) is 26.0 Å². The third-order valence-electron chi connectivity index (χ3n) is 1.86. The molecule has 0 amide bonds. The molecule has 1 atom stereocenters. The third kappa shape index (κ3) is 3.77. The highest BCUT2D eigenvalue weighted by molar-refractivity contribution is 5.27. The highest BCUT2D eigenvalue weighted by atomic mass is 16.5. The normalized spacial score (nSPS) is 12.5. The van der Waals surface area contributed by atoms with E-state index in [1.54, 1.807) is 13.0 Å². The van der Waals surface area contributed by atoms with Crippen LogP contribution in [-0.4, -0.2) is 17.8 Å². The van der Waals surface area contributed by atoms with Crippen molar-refractivity contribution in [3.63, 3.8) is 0 Å². The molecule has 3 nitrogen and oxygen atoms in total. The minimum atomic E-state index is -0.320. The minimum absolute atomic E-state index is 0.320. The number of benzene rings is 1. The van der Waals surface area contributed by atoms with Gasteiger partial charge in [-0.05, 0) is 30.7 Å². The first-order chi connectivity index (χ1) is 6.72. The molecule has 0 aliphatic heterocycles. The molecule has 0 saturated carbocycles. The summed E-state index contributed by atoms with van der Waals surface area (Å²) in [4.78, 5) is 0. The number of hydrogen-bond acceptors (Lipinski definition) is 3. The SMILES string of the molecule is C[C@@H](O)CCOc1cc[c]c(CN)c1. The zero-order chi connectivity index (χ0) is 10.4. The van der Waals surface area contributed by atoms with Gasteiger partial charge in [-0.15, -0.1) is 0 Å². The fourth-order valence-corrected chi connectivity index (χ4v) is 1.05. The molecule has 3 N–H and O–H groups in total. The Labute approximate surface area is 84.5 Å². The van der Waals surface area contributed by atoms with Crippen LogP contribution in [0.5, 0.6) is 5.75 Å². The van der Waals surface area contributed by atoms with Crippen molar-refractivity contribution >= 4 is 0 Å². The van der Waals surface area contributed by atoms with Gasteiger partial charge in [-0.25, -0.2) is 0 Å². The van der Waals surface area contributed by atoms with Gasteiger partial charge in [0, 0.05) is 13.0 Å². The van der Waals surface area contributed by atoms with Gasteiger partial charge >= 0.3 is 0 Å². The molecule has 3 heteroatoms. The van der Waals surface area contributed by atoms with Crippen LogP contribution in [0.25, 0.3) is 0 Å². The maximum Gasteiger partial charge on any atom is 0.119 e. The van der Waals surface area contributed by atoms with Crippen LogP contribution in [0, 0.1) is 6.07 Å². The molecule has 1 rings (SSSR count). The zero-order valence-corrected chi connectivity index (χ0v) is 8.36. The lowest BCUT2D eigenvalue weighted by atomic mass is 10.2. The maximum atomic E-state index is 9.02. The topological polar surface area (TPSA) is 55.5 Å². The van der Waals surface area contributed by atoms with Gasteiger partial charge < -0.3 is 15.6 Å². The van der Waals surface area contributed by atoms with Crippen molar-refractivity contribution in [3.8, 4) is 5.75 Å². The second kappa shape index (κ2) is 5.62. The lowest BCUT2D eigenvalue weighted by Crippen LogP contribution is -2.07. The molecule has 0 aliphatic carbocycles. The molecule has 1 radical (unpaired) electrons. The minimum Gasteiger partial charge on any atom is -0.493 e. The number of rotatable bonds is 5. The summed E-state index contributed by atoms with van der Waals surface area (Å²) in [6, 6.07) is 8.49. The van der Waals surface area contributed by atoms with Crippen molar-refractivity contribution < 1.29 is 9.84 Å². The molecule has 0 aromatic heterocycles. The summed E-state index contributed by atoms with van der Waals surface area (Å²) in [5.41, 5.74) is 6.40. The summed E-state index contributed by atoms with van der Waals surface area (Å²) in [6.45, 7) is 2.73. The van der Waals surface area contributed by atoms with E-state index in [1.807, 2.05) is 12.1 Å². The summed E-state index contributed by atoms with van der Waals surface area (Å²) < 4.78 is 5.42. The fourth-order valence-electron chi connectivity index (χ4n) is 1.05. The molecule has 77 valence electrons. The number of aliphatic hydroxyl groups excluding tert-OH is 1. The van der Waals surface area contributed by atoms with E-state index >= 15 is 0 Å². The lowest BCUT2D eigenvalue weighted by molar-refractivity contribution is 0.155. The monoisotopic (exact) mass is 194 g/mol. The molecule has 0 aliphatic rings. The van der Waals surface area contributed by atoms with Crippen molar-refractivity contribution in [2.24, 2.45) is 5.73 Å². The standard InChI is InChI=1S/C11H16NO2/c1-9(13)5-6-14-11-4-2-3-10(7-11)8-12/h2,4,7,9,13H,5-6,8,12H2,1H3/t9-/m1/s1. The summed E-state index contributed by atoms with van der Waals surface area (Å²) in [5, 5.41) is 9.02. The first kappa shape index (κ1) is 11.0. The van der Waals surface area contributed by atoms with E-state index in [0.717, 1.165) is 11.3 Å². The van der Waals surface area contributed by atoms with E-state index < -0.39 is 0 Å². The van der Waals surface area contributed by atoms with Gasteiger partial charge in [0.15, 0.2) is 0 Å². The largest absolute Gasteiger partial charge is 0.493 e. The predicted octanol–water partition coefficient (Wildman–Crippen LogP) is 1.10. The Balaban J connectivity index is 2.42. The number of aliphatic hydroxyl groups is 1. The average molecular weight is 194 g/mol. The van der Waals surface area contributed by atoms with Crippen LogP contribution in [0.15, 0.2) is 18.2 Å². The molecule has 1 aromatic rings. The van der Waals surface area contributed by atoms with Crippen molar-refractivity contribution in [3.05, 3.63) is 29.8 Å². The third-order valence-corrected chi connectivity index (χ3v) is 1.86. The van der Waals surface area contributed by atoms with Crippen molar-refractivity contribution in [1.82, 2.24) is 0 Å². The highest BCUT2D eigenvalue weighted by Gasteiger charge is 1.98. The summed E-state index contributed by atoms with van der Waals surface area (Å²) in [5.74, 6) is 0.782. The molecule has 0 saturated heterocycles. The van der Waals surface area contributed by atoms with E-state index in [1.165, 1.54) is 0 Å². The van der Waals surface area contributed by atoms with Crippen LogP contribution in [0.3, 0.4) is 0 Å². The van der Waals surface area contributed by atoms with Gasteiger partial charge in [0.05, 0.1) is 12.7 Å². The molecular weight excluding hydrogens is 178 g/mol. The van der Waals surface area contributed by atoms with Gasteiger partial charge in [-0.3, -0.25) is 0 Å². The summed E-state index contributed by atoms with van der Waals surface area (Å²) >= 11 is 0. The quantitative estimate of drug-likeness (QED) is 0.738. The molecule has 0 bridgehead atoms. The predicted molar refractivity (Wildman–Crippen MR) is 55.0 cm³/mol. The van der Waals surface area contributed by atoms with E-state index in [9.17, 15) is 0 Å². The lowest BCUT2D eigenvalue weighted by Gasteiger charge is -2.08. The van der Waals surface area contributed by atoms with Crippen LogP contribution in [0.4, 0.5) is 0 Å². The second-order valence-electron chi connectivity index (χ2n) is 3.24. The molecule has 0 heterocycles. The summed E-state index contributed by atoms with van der Waals surface area (Å²) in [7, 11) is 0. The number of nitrogens with two attached hydrogens (primary N) is 1. The van der Waals surface area contributed by atoms with E-state index in [-0.39, 0.29) is 6.10 Å². The van der Waals surface area contributed by atoms with Gasteiger partial charge in [0.1, 0.15) is 5.75 Å². The first-order valence-corrected chi connectivity index (χ1v) is 4.74. The molecule has 0 unspecified atom stereocenters. The van der Waals surface area contributed by atoms with E-state index in [2.05, 4.69) is 6.07 Å². The molecule has 0 spiro atoms. The molecule has 0 fully saturated rings. The fraction of sp³-hybridized carbons (Fsp3) is 0.455. The number of hydrogen-bond donors (Lipinski definition) is 2. The molecular formula is C11H16NO2. The van der Waals surface area contributed by atoms with Gasteiger partial charge in [0.25, 0.3) is 0 Å². The van der Waals surface area contributed by atoms with Crippen LogP contribution < -0.4 is 10.5 Å². The van der Waals surface area contributed by atoms with Crippen LogP contribution in [-0.2, 0) is 6.54 Å². The zero-order valence-electron chi connectivity index (χ0n) is 8.36. The van der Waals surface area contributed by atoms with Gasteiger partial charge in [0.2, 0.25) is 0 Å².